The van der Waals surface area contributed by atoms with Gasteiger partial charge in [-0.2, -0.15) is 0 Å². The molecule has 3 aromatic rings. The van der Waals surface area contributed by atoms with Crippen molar-refractivity contribution in [1.82, 2.24) is 10.3 Å². The Morgan fingerprint density at radius 3 is 2.78 bits per heavy atom. The average molecular weight is 261 g/mol. The molecule has 0 radical (unpaired) electrons. The predicted molar refractivity (Wildman–Crippen MR) is 66.7 cm³/mol. The van der Waals surface area contributed by atoms with Crippen molar-refractivity contribution in [2.75, 3.05) is 5.73 Å². The van der Waals surface area contributed by atoms with Crippen molar-refractivity contribution in [3.05, 3.63) is 42.2 Å². The van der Waals surface area contributed by atoms with Gasteiger partial charge in [0.05, 0.1) is 5.69 Å². The molecular formula is C12H8FN3OS. The number of hydrogen-bond donors (Lipinski definition) is 1. The Morgan fingerprint density at radius 1 is 1.11 bits per heavy atom. The molecule has 1 aromatic heterocycles. The number of anilines is 1. The van der Waals surface area contributed by atoms with Crippen LogP contribution in [-0.4, -0.2) is 10.3 Å². The van der Waals surface area contributed by atoms with Crippen LogP contribution in [-0.2, 0) is 0 Å². The van der Waals surface area contributed by atoms with Crippen molar-refractivity contribution in [1.29, 1.82) is 0 Å². The summed E-state index contributed by atoms with van der Waals surface area (Å²) in [5.41, 5.74) is 7.38. The Balaban J connectivity index is 2.05. The predicted octanol–water partition coefficient (Wildman–Crippen LogP) is 3.10. The van der Waals surface area contributed by atoms with E-state index in [1.54, 1.807) is 12.1 Å². The largest absolute Gasteiger partial charge is 0.397 e. The third-order valence-corrected chi connectivity index (χ3v) is 3.47. The summed E-state index contributed by atoms with van der Waals surface area (Å²) in [4.78, 5) is 1.61. The van der Waals surface area contributed by atoms with Gasteiger partial charge in [-0.15, -0.1) is 0 Å². The molecule has 0 saturated carbocycles. The SMILES string of the molecule is Nc1ccc(Sc2cccc(F)c2)c2nonc12. The van der Waals surface area contributed by atoms with E-state index in [1.165, 1.54) is 23.9 Å². The van der Waals surface area contributed by atoms with Crippen LogP contribution in [0.3, 0.4) is 0 Å². The van der Waals surface area contributed by atoms with E-state index in [9.17, 15) is 4.39 Å². The first kappa shape index (κ1) is 11.0. The summed E-state index contributed by atoms with van der Waals surface area (Å²) >= 11 is 1.39. The molecule has 0 fully saturated rings. The molecule has 0 atom stereocenters. The zero-order chi connectivity index (χ0) is 12.5. The second-order valence-electron chi connectivity index (χ2n) is 3.67. The zero-order valence-corrected chi connectivity index (χ0v) is 9.95. The molecule has 0 spiro atoms. The molecule has 4 nitrogen and oxygen atoms in total. The highest BCUT2D eigenvalue weighted by Crippen LogP contribution is 2.34. The Hall–Kier alpha value is -2.08. The Bertz CT molecular complexity index is 713. The van der Waals surface area contributed by atoms with Crippen LogP contribution in [0.5, 0.6) is 0 Å². The quantitative estimate of drug-likeness (QED) is 0.718. The fourth-order valence-corrected chi connectivity index (χ4v) is 2.54. The highest BCUT2D eigenvalue weighted by atomic mass is 32.2. The van der Waals surface area contributed by atoms with Crippen LogP contribution in [0, 0.1) is 5.82 Å². The van der Waals surface area contributed by atoms with E-state index in [0.29, 0.717) is 16.7 Å². The lowest BCUT2D eigenvalue weighted by Crippen LogP contribution is -1.87. The van der Waals surface area contributed by atoms with E-state index >= 15 is 0 Å². The lowest BCUT2D eigenvalue weighted by Gasteiger charge is -2.02. The standard InChI is InChI=1S/C12H8FN3OS/c13-7-2-1-3-8(6-7)18-10-5-4-9(14)11-12(10)16-17-15-11/h1-6H,14H2. The summed E-state index contributed by atoms with van der Waals surface area (Å²) in [6, 6.07) is 9.89. The number of rotatable bonds is 2. The zero-order valence-electron chi connectivity index (χ0n) is 9.13. The maximum Gasteiger partial charge on any atom is 0.159 e. The van der Waals surface area contributed by atoms with Crippen LogP contribution >= 0.6 is 11.8 Å². The Kier molecular flexibility index (Phi) is 2.64. The summed E-state index contributed by atoms with van der Waals surface area (Å²) < 4.78 is 17.8. The summed E-state index contributed by atoms with van der Waals surface area (Å²) in [6.07, 6.45) is 0. The normalized spacial score (nSPS) is 10.9. The number of nitrogens with two attached hydrogens (primary N) is 1. The van der Waals surface area contributed by atoms with Crippen LogP contribution in [0.1, 0.15) is 0 Å². The van der Waals surface area contributed by atoms with Crippen LogP contribution in [0.2, 0.25) is 0 Å². The summed E-state index contributed by atoms with van der Waals surface area (Å²) in [5, 5.41) is 7.56. The van der Waals surface area contributed by atoms with E-state index in [1.807, 2.05) is 12.1 Å². The molecule has 1 heterocycles. The fourth-order valence-electron chi connectivity index (χ4n) is 1.60. The van der Waals surface area contributed by atoms with E-state index in [2.05, 4.69) is 14.9 Å². The third-order valence-electron chi connectivity index (χ3n) is 2.43. The molecule has 0 amide bonds. The van der Waals surface area contributed by atoms with Gasteiger partial charge in [0.1, 0.15) is 5.82 Å². The number of fused-ring (bicyclic) bond motifs is 1. The van der Waals surface area contributed by atoms with Gasteiger partial charge in [0.2, 0.25) is 0 Å². The number of hydrogen-bond acceptors (Lipinski definition) is 5. The van der Waals surface area contributed by atoms with Gasteiger partial charge in [-0.1, -0.05) is 17.8 Å². The molecule has 6 heteroatoms. The van der Waals surface area contributed by atoms with Crippen molar-refractivity contribution in [2.24, 2.45) is 0 Å². The van der Waals surface area contributed by atoms with Gasteiger partial charge in [-0.3, -0.25) is 0 Å². The third kappa shape index (κ3) is 1.91. The molecule has 18 heavy (non-hydrogen) atoms. The molecule has 0 aliphatic carbocycles. The first-order valence-electron chi connectivity index (χ1n) is 5.18. The van der Waals surface area contributed by atoms with Crippen molar-refractivity contribution < 1.29 is 9.02 Å². The molecule has 0 aliphatic heterocycles. The molecular weight excluding hydrogens is 253 g/mol. The number of aromatic nitrogens is 2. The highest BCUT2D eigenvalue weighted by Gasteiger charge is 2.11. The van der Waals surface area contributed by atoms with Gasteiger partial charge in [-0.05, 0) is 40.6 Å². The molecule has 2 aromatic carbocycles. The first-order valence-corrected chi connectivity index (χ1v) is 6.00. The molecule has 90 valence electrons. The van der Waals surface area contributed by atoms with Crippen molar-refractivity contribution in [3.63, 3.8) is 0 Å². The smallest absolute Gasteiger partial charge is 0.159 e. The van der Waals surface area contributed by atoms with Crippen LogP contribution < -0.4 is 5.73 Å². The van der Waals surface area contributed by atoms with Crippen molar-refractivity contribution >= 4 is 28.5 Å². The van der Waals surface area contributed by atoms with Gasteiger partial charge in [0.15, 0.2) is 11.0 Å². The van der Waals surface area contributed by atoms with Gasteiger partial charge in [0, 0.05) is 9.79 Å². The Morgan fingerprint density at radius 2 is 1.94 bits per heavy atom. The monoisotopic (exact) mass is 261 g/mol. The highest BCUT2D eigenvalue weighted by molar-refractivity contribution is 7.99. The van der Waals surface area contributed by atoms with Crippen LogP contribution in [0.25, 0.3) is 11.0 Å². The lowest BCUT2D eigenvalue weighted by molar-refractivity contribution is 0.315. The first-order chi connectivity index (χ1) is 8.74. The van der Waals surface area contributed by atoms with Crippen molar-refractivity contribution in [3.8, 4) is 0 Å². The minimum atomic E-state index is -0.273. The fraction of sp³-hybridized carbons (Fsp3) is 0. The second-order valence-corrected chi connectivity index (χ2v) is 4.79. The minimum Gasteiger partial charge on any atom is -0.397 e. The van der Waals surface area contributed by atoms with E-state index < -0.39 is 0 Å². The lowest BCUT2D eigenvalue weighted by atomic mass is 10.3. The van der Waals surface area contributed by atoms with Gasteiger partial charge in [-0.25, -0.2) is 9.02 Å². The van der Waals surface area contributed by atoms with E-state index in [4.69, 9.17) is 5.73 Å². The van der Waals surface area contributed by atoms with Gasteiger partial charge < -0.3 is 5.73 Å². The average Bonchev–Trinajstić information content (AvgIpc) is 2.83. The van der Waals surface area contributed by atoms with E-state index in [-0.39, 0.29) is 5.82 Å². The van der Waals surface area contributed by atoms with Crippen LogP contribution in [0.15, 0.2) is 50.8 Å². The van der Waals surface area contributed by atoms with Gasteiger partial charge in [0.25, 0.3) is 0 Å². The van der Waals surface area contributed by atoms with Crippen molar-refractivity contribution in [2.45, 2.75) is 9.79 Å². The molecule has 2 N–H and O–H groups in total. The molecule has 0 unspecified atom stereocenters. The molecule has 0 aliphatic rings. The summed E-state index contributed by atoms with van der Waals surface area (Å²) in [7, 11) is 0. The number of nitrogen functional groups attached to an aromatic ring is 1. The topological polar surface area (TPSA) is 64.9 Å². The maximum absolute atomic E-state index is 13.1. The second kappa shape index (κ2) is 4.30. The number of nitrogens with zero attached hydrogens (tertiary/aromatic N) is 2. The molecule has 3 rings (SSSR count). The maximum atomic E-state index is 13.1. The summed E-state index contributed by atoms with van der Waals surface area (Å²) in [5.74, 6) is -0.273. The Labute approximate surface area is 106 Å². The van der Waals surface area contributed by atoms with E-state index in [0.717, 1.165) is 9.79 Å². The van der Waals surface area contributed by atoms with Gasteiger partial charge >= 0.3 is 0 Å². The molecule has 0 saturated heterocycles. The number of benzene rings is 2. The van der Waals surface area contributed by atoms with Crippen LogP contribution in [0.4, 0.5) is 10.1 Å². The minimum absolute atomic E-state index is 0.273. The summed E-state index contributed by atoms with van der Waals surface area (Å²) in [6.45, 7) is 0. The number of halogens is 1. The molecule has 0 bridgehead atoms.